The van der Waals surface area contributed by atoms with E-state index in [2.05, 4.69) is 25.9 Å². The average Bonchev–Trinajstić information content (AvgIpc) is 2.71. The van der Waals surface area contributed by atoms with Crippen LogP contribution in [-0.2, 0) is 0 Å². The van der Waals surface area contributed by atoms with Gasteiger partial charge in [0.05, 0.1) is 15.9 Å². The van der Waals surface area contributed by atoms with Crippen molar-refractivity contribution in [2.75, 3.05) is 5.33 Å². The molecule has 90 valence electrons. The third-order valence-corrected chi connectivity index (χ3v) is 3.86. The Bertz CT molecular complexity index is 513. The predicted octanol–water partition coefficient (Wildman–Crippen LogP) is 3.67. The number of rotatable bonds is 3. The number of alkyl halides is 1. The molecule has 2 heterocycles. The number of ketones is 1. The maximum Gasteiger partial charge on any atom is 0.185 e. The topological polar surface area (TPSA) is 42.9 Å². The van der Waals surface area contributed by atoms with Crippen molar-refractivity contribution in [3.63, 3.8) is 0 Å². The van der Waals surface area contributed by atoms with E-state index in [0.717, 1.165) is 21.1 Å². The van der Waals surface area contributed by atoms with E-state index >= 15 is 0 Å². The Hall–Kier alpha value is -0.590. The molecule has 0 saturated heterocycles. The Morgan fingerprint density at radius 1 is 1.41 bits per heavy atom. The predicted molar refractivity (Wildman–Crippen MR) is 78.5 cm³/mol. The van der Waals surface area contributed by atoms with Crippen LogP contribution in [0.5, 0.6) is 0 Å². The molecule has 0 atom stereocenters. The summed E-state index contributed by atoms with van der Waals surface area (Å²) in [6.45, 7) is 1.86. The summed E-state index contributed by atoms with van der Waals surface area (Å²) in [5.74, 6) is 0.0790. The van der Waals surface area contributed by atoms with E-state index in [1.165, 1.54) is 11.3 Å². The summed E-state index contributed by atoms with van der Waals surface area (Å²) in [5.41, 5.74) is 1.79. The lowest BCUT2D eigenvalue weighted by molar-refractivity contribution is 0.102. The molecular formula is C11H10Br2N2OS. The van der Waals surface area contributed by atoms with Gasteiger partial charge in [0.1, 0.15) is 5.01 Å². The van der Waals surface area contributed by atoms with Gasteiger partial charge >= 0.3 is 0 Å². The number of halogens is 2. The number of thiazole rings is 1. The van der Waals surface area contributed by atoms with E-state index in [1.807, 2.05) is 19.1 Å². The van der Waals surface area contributed by atoms with Gasteiger partial charge in [-0.15, -0.1) is 28.3 Å². The van der Waals surface area contributed by atoms with Crippen molar-refractivity contribution in [2.24, 2.45) is 0 Å². The van der Waals surface area contributed by atoms with Crippen LogP contribution in [0.4, 0.5) is 0 Å². The second kappa shape index (κ2) is 6.37. The Kier molecular flexibility index (Phi) is 5.42. The molecule has 0 spiro atoms. The van der Waals surface area contributed by atoms with Gasteiger partial charge in [-0.3, -0.25) is 9.78 Å². The zero-order valence-electron chi connectivity index (χ0n) is 9.01. The number of hydrogen-bond acceptors (Lipinski definition) is 4. The highest BCUT2D eigenvalue weighted by molar-refractivity contribution is 9.09. The van der Waals surface area contributed by atoms with E-state index in [0.29, 0.717) is 5.33 Å². The number of carbonyl (C=O) groups excluding carboxylic acids is 1. The summed E-state index contributed by atoms with van der Waals surface area (Å²) < 4.78 is 0. The van der Waals surface area contributed by atoms with Gasteiger partial charge in [0.25, 0.3) is 0 Å². The quantitative estimate of drug-likeness (QED) is 0.605. The standard InChI is InChI=1S/C11H9BrN2OS.BrH/c1-7-10(9(15)6-12)16-11(14-7)8-2-4-13-5-3-8;/h2-5H,6H2,1H3;1H. The fraction of sp³-hybridized carbons (Fsp3) is 0.182. The summed E-state index contributed by atoms with van der Waals surface area (Å²) in [6.07, 6.45) is 3.44. The minimum Gasteiger partial charge on any atom is -0.292 e. The smallest absolute Gasteiger partial charge is 0.185 e. The van der Waals surface area contributed by atoms with E-state index in [9.17, 15) is 4.79 Å². The van der Waals surface area contributed by atoms with E-state index in [4.69, 9.17) is 0 Å². The van der Waals surface area contributed by atoms with Crippen LogP contribution in [0.25, 0.3) is 10.6 Å². The summed E-state index contributed by atoms with van der Waals surface area (Å²) in [6, 6.07) is 3.78. The van der Waals surface area contributed by atoms with Crippen molar-refractivity contribution in [2.45, 2.75) is 6.92 Å². The highest BCUT2D eigenvalue weighted by Crippen LogP contribution is 2.27. The van der Waals surface area contributed by atoms with Crippen LogP contribution >= 0.6 is 44.2 Å². The SMILES string of the molecule is Br.Cc1nc(-c2ccncc2)sc1C(=O)CBr. The van der Waals surface area contributed by atoms with Crippen LogP contribution < -0.4 is 0 Å². The lowest BCUT2D eigenvalue weighted by Gasteiger charge is -1.92. The summed E-state index contributed by atoms with van der Waals surface area (Å²) in [5, 5.41) is 1.20. The van der Waals surface area contributed by atoms with Gasteiger partial charge in [0.2, 0.25) is 0 Å². The van der Waals surface area contributed by atoms with Gasteiger partial charge in [-0.05, 0) is 19.1 Å². The van der Waals surface area contributed by atoms with Gasteiger partial charge in [0.15, 0.2) is 5.78 Å². The molecule has 0 aliphatic rings. The third kappa shape index (κ3) is 3.20. The van der Waals surface area contributed by atoms with Crippen molar-refractivity contribution in [1.82, 2.24) is 9.97 Å². The van der Waals surface area contributed by atoms with Crippen molar-refractivity contribution in [1.29, 1.82) is 0 Å². The minimum atomic E-state index is 0. The first-order valence-corrected chi connectivity index (χ1v) is 6.63. The van der Waals surface area contributed by atoms with Gasteiger partial charge in [-0.25, -0.2) is 4.98 Å². The molecule has 0 fully saturated rings. The first-order chi connectivity index (χ1) is 7.72. The Morgan fingerprint density at radius 3 is 2.65 bits per heavy atom. The fourth-order valence-electron chi connectivity index (χ4n) is 1.33. The molecule has 0 aromatic carbocycles. The summed E-state index contributed by atoms with van der Waals surface area (Å²) in [4.78, 5) is 20.7. The molecule has 0 radical (unpaired) electrons. The number of carbonyl (C=O) groups is 1. The molecule has 2 rings (SSSR count). The van der Waals surface area contributed by atoms with E-state index in [1.54, 1.807) is 12.4 Å². The Labute approximate surface area is 122 Å². The zero-order valence-corrected chi connectivity index (χ0v) is 13.1. The lowest BCUT2D eigenvalue weighted by atomic mass is 10.3. The maximum atomic E-state index is 11.6. The number of Topliss-reactive ketones (excluding diaryl/α,β-unsaturated/α-hetero) is 1. The van der Waals surface area contributed by atoms with E-state index < -0.39 is 0 Å². The molecule has 6 heteroatoms. The second-order valence-corrected chi connectivity index (χ2v) is 4.79. The molecule has 0 saturated carbocycles. The number of pyridine rings is 1. The number of nitrogens with zero attached hydrogens (tertiary/aromatic N) is 2. The first kappa shape index (κ1) is 14.5. The monoisotopic (exact) mass is 376 g/mol. The van der Waals surface area contributed by atoms with Crippen LogP contribution in [0.15, 0.2) is 24.5 Å². The van der Waals surface area contributed by atoms with Gasteiger partial charge in [0, 0.05) is 18.0 Å². The van der Waals surface area contributed by atoms with Crippen LogP contribution in [0, 0.1) is 6.92 Å². The van der Waals surface area contributed by atoms with Crippen LogP contribution in [0.2, 0.25) is 0 Å². The summed E-state index contributed by atoms with van der Waals surface area (Å²) >= 11 is 4.60. The molecule has 0 aliphatic heterocycles. The lowest BCUT2D eigenvalue weighted by Crippen LogP contribution is -1.98. The zero-order chi connectivity index (χ0) is 11.5. The maximum absolute atomic E-state index is 11.6. The molecule has 0 aliphatic carbocycles. The number of aromatic nitrogens is 2. The molecule has 3 nitrogen and oxygen atoms in total. The fourth-order valence-corrected chi connectivity index (χ4v) is 2.81. The molecular weight excluding hydrogens is 368 g/mol. The molecule has 0 unspecified atom stereocenters. The number of hydrogen-bond donors (Lipinski definition) is 0. The van der Waals surface area contributed by atoms with Crippen molar-refractivity contribution < 1.29 is 4.79 Å². The van der Waals surface area contributed by atoms with Gasteiger partial charge < -0.3 is 0 Å². The van der Waals surface area contributed by atoms with Crippen molar-refractivity contribution in [3.8, 4) is 10.6 Å². The largest absolute Gasteiger partial charge is 0.292 e. The van der Waals surface area contributed by atoms with E-state index in [-0.39, 0.29) is 22.8 Å². The molecule has 2 aromatic heterocycles. The second-order valence-electron chi connectivity index (χ2n) is 3.23. The highest BCUT2D eigenvalue weighted by atomic mass is 79.9. The summed E-state index contributed by atoms with van der Waals surface area (Å²) in [7, 11) is 0. The Balaban J connectivity index is 0.00000144. The van der Waals surface area contributed by atoms with Crippen molar-refractivity contribution >= 4 is 50.0 Å². The molecule has 0 amide bonds. The molecule has 17 heavy (non-hydrogen) atoms. The Morgan fingerprint density at radius 2 is 2.06 bits per heavy atom. The van der Waals surface area contributed by atoms with Crippen molar-refractivity contribution in [3.05, 3.63) is 35.1 Å². The van der Waals surface area contributed by atoms with Crippen LogP contribution in [0.1, 0.15) is 15.4 Å². The average molecular weight is 378 g/mol. The highest BCUT2D eigenvalue weighted by Gasteiger charge is 2.14. The first-order valence-electron chi connectivity index (χ1n) is 4.69. The molecule has 0 bridgehead atoms. The minimum absolute atomic E-state index is 0. The van der Waals surface area contributed by atoms with Crippen LogP contribution in [0.3, 0.4) is 0 Å². The van der Waals surface area contributed by atoms with Gasteiger partial charge in [-0.1, -0.05) is 15.9 Å². The molecule has 2 aromatic rings. The third-order valence-electron chi connectivity index (χ3n) is 2.10. The van der Waals surface area contributed by atoms with Crippen LogP contribution in [-0.4, -0.2) is 21.1 Å². The number of aryl methyl sites for hydroxylation is 1. The normalized spacial score (nSPS) is 9.76. The van der Waals surface area contributed by atoms with Gasteiger partial charge in [-0.2, -0.15) is 0 Å². The molecule has 0 N–H and O–H groups in total.